The second-order valence-electron chi connectivity index (χ2n) is 15.8. The van der Waals surface area contributed by atoms with Crippen LogP contribution in [0, 0.1) is 20.8 Å². The number of hydrogen-bond acceptors (Lipinski definition) is 8. The average Bonchev–Trinajstić information content (AvgIpc) is 3.39. The molecule has 1 atom stereocenters. The van der Waals surface area contributed by atoms with Gasteiger partial charge in [-0.3, -0.25) is 9.79 Å². The Balaban J connectivity index is 1.57. The molecule has 5 N–H and O–H groups in total. The molecule has 2 aliphatic heterocycles. The van der Waals surface area contributed by atoms with Crippen LogP contribution in [-0.4, -0.2) is 78.0 Å². The molecule has 1 fully saturated rings. The monoisotopic (exact) mass is 760 g/mol. The topological polar surface area (TPSA) is 172 Å². The third kappa shape index (κ3) is 9.11. The summed E-state index contributed by atoms with van der Waals surface area (Å²) >= 11 is 0. The number of hydrogen-bond donors (Lipinski definition) is 4. The molecule has 52 heavy (non-hydrogen) atoms. The number of amides is 1. The van der Waals surface area contributed by atoms with Crippen molar-refractivity contribution in [2.45, 2.75) is 135 Å². The van der Waals surface area contributed by atoms with Crippen LogP contribution in [0.2, 0.25) is 0 Å². The maximum Gasteiger partial charge on any atom is 0.264 e. The molecule has 2 aliphatic rings. The molecule has 4 rings (SSSR count). The van der Waals surface area contributed by atoms with Gasteiger partial charge in [0.25, 0.3) is 10.0 Å². The molecule has 0 radical (unpaired) electrons. The number of ether oxygens (including phenoxy) is 1. The van der Waals surface area contributed by atoms with Gasteiger partial charge in [0, 0.05) is 44.7 Å². The van der Waals surface area contributed by atoms with Gasteiger partial charge in [0.2, 0.25) is 21.9 Å². The summed E-state index contributed by atoms with van der Waals surface area (Å²) in [6.45, 7) is 23.7. The molecule has 2 aromatic carbocycles. The van der Waals surface area contributed by atoms with Gasteiger partial charge in [0.05, 0.1) is 9.79 Å². The second-order valence-corrected chi connectivity index (χ2v) is 19.1. The first kappa shape index (κ1) is 41.6. The Kier molecular flexibility index (Phi) is 12.8. The lowest BCUT2D eigenvalue weighted by molar-refractivity contribution is -0.133. The molecule has 14 heteroatoms. The zero-order valence-corrected chi connectivity index (χ0v) is 34.5. The average molecular weight is 761 g/mol. The fourth-order valence-electron chi connectivity index (χ4n) is 7.15. The number of fused-ring (bicyclic) bond motifs is 1. The number of aliphatic imine (C=N–C) groups is 1. The van der Waals surface area contributed by atoms with Crippen molar-refractivity contribution in [3.05, 3.63) is 51.1 Å². The third-order valence-electron chi connectivity index (χ3n) is 10.1. The van der Waals surface area contributed by atoms with Crippen LogP contribution < -0.4 is 25.2 Å². The summed E-state index contributed by atoms with van der Waals surface area (Å²) in [6.07, 6.45) is 0.998. The van der Waals surface area contributed by atoms with Crippen LogP contribution in [0.25, 0.3) is 0 Å². The number of nitrogens with one attached hydrogen (secondary N) is 3. The van der Waals surface area contributed by atoms with Crippen molar-refractivity contribution in [3.8, 4) is 5.75 Å². The summed E-state index contributed by atoms with van der Waals surface area (Å²) < 4.78 is 67.4. The highest BCUT2D eigenvalue weighted by Crippen LogP contribution is 2.43. The van der Waals surface area contributed by atoms with E-state index in [1.54, 1.807) is 18.7 Å². The second kappa shape index (κ2) is 16.0. The van der Waals surface area contributed by atoms with Crippen molar-refractivity contribution in [2.24, 2.45) is 10.7 Å². The van der Waals surface area contributed by atoms with Gasteiger partial charge >= 0.3 is 0 Å². The van der Waals surface area contributed by atoms with Crippen LogP contribution in [0.3, 0.4) is 0 Å². The van der Waals surface area contributed by atoms with E-state index < -0.39 is 31.7 Å². The Morgan fingerprint density at radius 3 is 2.02 bits per heavy atom. The van der Waals surface area contributed by atoms with Gasteiger partial charge in [0.15, 0.2) is 0 Å². The van der Waals surface area contributed by atoms with Crippen molar-refractivity contribution in [1.82, 2.24) is 19.7 Å². The Hall–Kier alpha value is -3.20. The van der Waals surface area contributed by atoms with E-state index in [0.29, 0.717) is 43.7 Å². The van der Waals surface area contributed by atoms with Gasteiger partial charge in [-0.15, -0.1) is 0 Å². The van der Waals surface area contributed by atoms with Gasteiger partial charge < -0.3 is 20.7 Å². The minimum absolute atomic E-state index is 0.0698. The molecule has 0 spiro atoms. The Morgan fingerprint density at radius 2 is 1.48 bits per heavy atom. The summed E-state index contributed by atoms with van der Waals surface area (Å²) in [5, 5.41) is 3.23. The van der Waals surface area contributed by atoms with E-state index in [4.69, 9.17) is 10.5 Å². The molecule has 1 amide bonds. The minimum atomic E-state index is -4.14. The maximum absolute atomic E-state index is 14.4. The zero-order valence-electron chi connectivity index (χ0n) is 32.9. The van der Waals surface area contributed by atoms with Crippen molar-refractivity contribution in [2.75, 3.05) is 32.7 Å². The van der Waals surface area contributed by atoms with Crippen LogP contribution in [0.15, 0.2) is 26.9 Å². The van der Waals surface area contributed by atoms with Crippen LogP contribution in [-0.2, 0) is 31.3 Å². The number of benzene rings is 2. The fourth-order valence-corrected chi connectivity index (χ4v) is 10.6. The number of sulfonamides is 2. The highest BCUT2D eigenvalue weighted by atomic mass is 32.2. The van der Waals surface area contributed by atoms with Crippen molar-refractivity contribution >= 4 is 31.9 Å². The maximum atomic E-state index is 14.4. The minimum Gasteiger partial charge on any atom is -0.487 e. The van der Waals surface area contributed by atoms with Gasteiger partial charge in [-0.05, 0) is 98.6 Å². The lowest BCUT2D eigenvalue weighted by Gasteiger charge is -2.31. The molecule has 2 heterocycles. The lowest BCUT2D eigenvalue weighted by atomic mass is 9.89. The van der Waals surface area contributed by atoms with E-state index in [1.807, 2.05) is 60.6 Å². The number of rotatable bonds is 13. The fraction of sp³-hybridized carbons (Fsp3) is 0.632. The normalized spacial score (nSPS) is 17.1. The first-order valence-corrected chi connectivity index (χ1v) is 21.4. The summed E-state index contributed by atoms with van der Waals surface area (Å²) in [7, 11) is -8.23. The van der Waals surface area contributed by atoms with Crippen molar-refractivity contribution in [3.63, 3.8) is 0 Å². The predicted molar refractivity (Wildman–Crippen MR) is 207 cm³/mol. The SMILES string of the molecule is Cc1c(C)c(S(=O)(=O)NC(N)=NCCCC(NS(=O)(=O)c2c(C(C)C)cc(C(C)C)cc2C(C)C)C(=O)N2CCNCC2)c(C)c2c1OC(C)(C)C2. The molecule has 12 nitrogen and oxygen atoms in total. The van der Waals surface area contributed by atoms with E-state index in [9.17, 15) is 21.6 Å². The molecule has 0 aromatic heterocycles. The van der Waals surface area contributed by atoms with Crippen LogP contribution >= 0.6 is 0 Å². The first-order chi connectivity index (χ1) is 24.1. The lowest BCUT2D eigenvalue weighted by Crippen LogP contribution is -2.54. The smallest absolute Gasteiger partial charge is 0.264 e. The number of guanidine groups is 1. The summed E-state index contributed by atoms with van der Waals surface area (Å²) in [5.74, 6) is 0.219. The quantitative estimate of drug-likeness (QED) is 0.128. The summed E-state index contributed by atoms with van der Waals surface area (Å²) in [5.41, 5.74) is 11.0. The first-order valence-electron chi connectivity index (χ1n) is 18.4. The number of nitrogens with two attached hydrogens (primary N) is 1. The van der Waals surface area contributed by atoms with E-state index in [1.165, 1.54) is 0 Å². The van der Waals surface area contributed by atoms with Crippen LogP contribution in [0.1, 0.15) is 125 Å². The molecule has 2 aromatic rings. The number of piperazine rings is 1. The summed E-state index contributed by atoms with van der Waals surface area (Å²) in [6, 6.07) is 2.90. The molecular weight excluding hydrogens is 701 g/mol. The molecular formula is C38H60N6O6S2. The third-order valence-corrected chi connectivity index (χ3v) is 13.3. The predicted octanol–water partition coefficient (Wildman–Crippen LogP) is 4.85. The largest absolute Gasteiger partial charge is 0.487 e. The van der Waals surface area contributed by atoms with E-state index in [-0.39, 0.29) is 58.8 Å². The van der Waals surface area contributed by atoms with E-state index >= 15 is 0 Å². The van der Waals surface area contributed by atoms with E-state index in [0.717, 1.165) is 33.6 Å². The van der Waals surface area contributed by atoms with Crippen LogP contribution in [0.4, 0.5) is 0 Å². The highest BCUT2D eigenvalue weighted by molar-refractivity contribution is 7.90. The highest BCUT2D eigenvalue weighted by Gasteiger charge is 2.37. The molecule has 0 bridgehead atoms. The number of nitrogens with zero attached hydrogens (tertiary/aromatic N) is 2. The Morgan fingerprint density at radius 1 is 0.904 bits per heavy atom. The number of carbonyl (C=O) groups is 1. The van der Waals surface area contributed by atoms with Gasteiger partial charge in [-0.25, -0.2) is 21.6 Å². The van der Waals surface area contributed by atoms with Crippen LogP contribution in [0.5, 0.6) is 5.75 Å². The molecule has 0 saturated carbocycles. The Bertz CT molecular complexity index is 1880. The van der Waals surface area contributed by atoms with Crippen molar-refractivity contribution < 1.29 is 26.4 Å². The van der Waals surface area contributed by atoms with Gasteiger partial charge in [0.1, 0.15) is 17.4 Å². The molecule has 290 valence electrons. The molecule has 1 unspecified atom stereocenters. The van der Waals surface area contributed by atoms with Crippen molar-refractivity contribution in [1.29, 1.82) is 0 Å². The molecule has 0 aliphatic carbocycles. The zero-order chi connectivity index (χ0) is 38.9. The number of carbonyl (C=O) groups excluding carboxylic acids is 1. The summed E-state index contributed by atoms with van der Waals surface area (Å²) in [4.78, 5) is 20.2. The van der Waals surface area contributed by atoms with Gasteiger partial charge in [-0.2, -0.15) is 4.72 Å². The standard InChI is InChI=1S/C38H60N6O6S2/c1-22(2)28-19-29(23(3)4)35(30(20-28)24(5)6)52(48,49)42-32(36(45)44-17-15-40-16-18-44)13-12-14-41-37(39)43-51(46,47)34-26(8)25(7)33-31(27(34)9)21-38(10,11)50-33/h19-20,22-24,32,40,42H,12-18,21H2,1-11H3,(H3,39,41,43). The Labute approximate surface area is 311 Å². The van der Waals surface area contributed by atoms with E-state index in [2.05, 4.69) is 33.6 Å². The van der Waals surface area contributed by atoms with Gasteiger partial charge in [-0.1, -0.05) is 53.7 Å². The molecule has 1 saturated heterocycles.